The van der Waals surface area contributed by atoms with Crippen molar-refractivity contribution >= 4 is 22.6 Å². The number of likely N-dealkylation sites (N-methyl/N-ethyl adjacent to an activating group) is 1. The van der Waals surface area contributed by atoms with E-state index in [-0.39, 0.29) is 5.91 Å². The van der Waals surface area contributed by atoms with Crippen molar-refractivity contribution in [2.24, 2.45) is 0 Å². The van der Waals surface area contributed by atoms with Gasteiger partial charge in [-0.15, -0.1) is 5.10 Å². The summed E-state index contributed by atoms with van der Waals surface area (Å²) in [6, 6.07) is 11.4. The summed E-state index contributed by atoms with van der Waals surface area (Å²) in [6.07, 6.45) is 3.44. The Bertz CT molecular complexity index is 1020. The second-order valence-electron chi connectivity index (χ2n) is 5.55. The fourth-order valence-corrected chi connectivity index (χ4v) is 2.64. The number of benzene rings is 1. The van der Waals surface area contributed by atoms with Gasteiger partial charge in [0.25, 0.3) is 5.91 Å². The second kappa shape index (κ2) is 5.73. The van der Waals surface area contributed by atoms with Gasteiger partial charge < -0.3 is 9.47 Å². The van der Waals surface area contributed by atoms with Crippen LogP contribution in [0.4, 0.5) is 0 Å². The van der Waals surface area contributed by atoms with Crippen LogP contribution in [-0.4, -0.2) is 54.0 Å². The van der Waals surface area contributed by atoms with Crippen LogP contribution in [-0.2, 0) is 6.54 Å². The van der Waals surface area contributed by atoms with E-state index in [1.807, 2.05) is 28.8 Å². The zero-order chi connectivity index (χ0) is 16.5. The number of fused-ring (bicyclic) bond motifs is 2. The maximum absolute atomic E-state index is 12.6. The molecule has 120 valence electrons. The fourth-order valence-electron chi connectivity index (χ4n) is 2.64. The monoisotopic (exact) mass is 321 g/mol. The van der Waals surface area contributed by atoms with Gasteiger partial charge >= 0.3 is 0 Å². The van der Waals surface area contributed by atoms with Crippen molar-refractivity contribution in [3.05, 3.63) is 54.5 Å². The van der Waals surface area contributed by atoms with E-state index in [1.54, 1.807) is 36.6 Å². The van der Waals surface area contributed by atoms with Gasteiger partial charge in [-0.05, 0) is 34.7 Å². The quantitative estimate of drug-likeness (QED) is 0.565. The second-order valence-corrected chi connectivity index (χ2v) is 5.55. The molecule has 0 spiro atoms. The third-order valence-electron chi connectivity index (χ3n) is 3.99. The number of hydrogen-bond acceptors (Lipinski definition) is 5. The maximum atomic E-state index is 12.6. The zero-order valence-corrected chi connectivity index (χ0v) is 13.1. The van der Waals surface area contributed by atoms with Crippen molar-refractivity contribution in [3.8, 4) is 0 Å². The van der Waals surface area contributed by atoms with Crippen LogP contribution >= 0.6 is 0 Å². The molecule has 4 rings (SSSR count). The number of rotatable bonds is 4. The standard InChI is InChI=1S/C16H15N7O/c1-21(8-9-22-11-17-13-4-2-3-5-14(13)22)16(24)12-6-7-15-18-19-20-23(15)10-12/h2-7,10-11H,8-9H2,1H3. The first kappa shape index (κ1) is 14.3. The van der Waals surface area contributed by atoms with E-state index in [9.17, 15) is 4.79 Å². The Hall–Kier alpha value is -3.29. The Balaban J connectivity index is 1.49. The predicted octanol–water partition coefficient (Wildman–Crippen LogP) is 1.25. The van der Waals surface area contributed by atoms with E-state index >= 15 is 0 Å². The number of amides is 1. The van der Waals surface area contributed by atoms with Crippen molar-refractivity contribution in [2.45, 2.75) is 6.54 Å². The summed E-state index contributed by atoms with van der Waals surface area (Å²) in [5.41, 5.74) is 3.18. The summed E-state index contributed by atoms with van der Waals surface area (Å²) in [7, 11) is 1.78. The minimum Gasteiger partial charge on any atom is -0.340 e. The third-order valence-corrected chi connectivity index (χ3v) is 3.99. The first-order valence-electron chi connectivity index (χ1n) is 7.55. The lowest BCUT2D eigenvalue weighted by Gasteiger charge is -2.17. The molecule has 0 bridgehead atoms. The Kier molecular flexibility index (Phi) is 3.42. The molecule has 0 aliphatic rings. The minimum absolute atomic E-state index is 0.0724. The number of hydrogen-bond donors (Lipinski definition) is 0. The molecule has 0 fully saturated rings. The highest BCUT2D eigenvalue weighted by Gasteiger charge is 2.13. The van der Waals surface area contributed by atoms with Crippen LogP contribution in [0.1, 0.15) is 10.4 Å². The summed E-state index contributed by atoms with van der Waals surface area (Å²) in [6.45, 7) is 1.25. The summed E-state index contributed by atoms with van der Waals surface area (Å²) in [5.74, 6) is -0.0724. The van der Waals surface area contributed by atoms with Crippen LogP contribution in [0.3, 0.4) is 0 Å². The lowest BCUT2D eigenvalue weighted by atomic mass is 10.2. The van der Waals surface area contributed by atoms with E-state index in [2.05, 4.69) is 20.5 Å². The first-order valence-corrected chi connectivity index (χ1v) is 7.55. The Morgan fingerprint density at radius 2 is 2.08 bits per heavy atom. The molecule has 3 aromatic heterocycles. The summed E-state index contributed by atoms with van der Waals surface area (Å²) < 4.78 is 3.54. The molecule has 0 N–H and O–H groups in total. The van der Waals surface area contributed by atoms with Gasteiger partial charge in [-0.2, -0.15) is 4.52 Å². The number of pyridine rings is 1. The van der Waals surface area contributed by atoms with Crippen molar-refractivity contribution < 1.29 is 4.79 Å². The predicted molar refractivity (Wildman–Crippen MR) is 87.5 cm³/mol. The molecule has 1 amide bonds. The van der Waals surface area contributed by atoms with E-state index in [0.29, 0.717) is 24.3 Å². The summed E-state index contributed by atoms with van der Waals surface area (Å²) in [4.78, 5) is 18.6. The number of carbonyl (C=O) groups excluding carboxylic acids is 1. The highest BCUT2D eigenvalue weighted by atomic mass is 16.2. The molecule has 8 nitrogen and oxygen atoms in total. The number of aromatic nitrogens is 6. The molecule has 4 aromatic rings. The molecule has 24 heavy (non-hydrogen) atoms. The topological polar surface area (TPSA) is 81.2 Å². The average Bonchev–Trinajstić information content (AvgIpc) is 3.25. The third kappa shape index (κ3) is 2.47. The Labute approximate surface area is 137 Å². The van der Waals surface area contributed by atoms with Gasteiger partial charge in [0, 0.05) is 26.3 Å². The van der Waals surface area contributed by atoms with Gasteiger partial charge in [-0.25, -0.2) is 4.98 Å². The van der Waals surface area contributed by atoms with Crippen molar-refractivity contribution in [3.63, 3.8) is 0 Å². The molecule has 0 aliphatic heterocycles. The van der Waals surface area contributed by atoms with Crippen LogP contribution in [0.5, 0.6) is 0 Å². The van der Waals surface area contributed by atoms with Gasteiger partial charge in [-0.3, -0.25) is 4.79 Å². The lowest BCUT2D eigenvalue weighted by Crippen LogP contribution is -2.30. The molecule has 3 heterocycles. The molecule has 0 saturated carbocycles. The highest BCUT2D eigenvalue weighted by molar-refractivity contribution is 5.94. The van der Waals surface area contributed by atoms with E-state index in [0.717, 1.165) is 11.0 Å². The zero-order valence-electron chi connectivity index (χ0n) is 13.1. The number of carbonyl (C=O) groups is 1. The van der Waals surface area contributed by atoms with E-state index in [1.165, 1.54) is 4.52 Å². The fraction of sp³-hybridized carbons (Fsp3) is 0.188. The van der Waals surface area contributed by atoms with Crippen LogP contribution in [0.15, 0.2) is 48.9 Å². The van der Waals surface area contributed by atoms with Crippen molar-refractivity contribution in [1.29, 1.82) is 0 Å². The van der Waals surface area contributed by atoms with Crippen molar-refractivity contribution in [1.82, 2.24) is 34.5 Å². The molecule has 0 radical (unpaired) electrons. The van der Waals surface area contributed by atoms with Gasteiger partial charge in [0.15, 0.2) is 5.65 Å². The SMILES string of the molecule is CN(CCn1cnc2ccccc21)C(=O)c1ccc2nnnn2c1. The molecular weight excluding hydrogens is 306 g/mol. The highest BCUT2D eigenvalue weighted by Crippen LogP contribution is 2.12. The first-order chi connectivity index (χ1) is 11.7. The van der Waals surface area contributed by atoms with Crippen molar-refractivity contribution in [2.75, 3.05) is 13.6 Å². The van der Waals surface area contributed by atoms with Gasteiger partial charge in [0.2, 0.25) is 0 Å². The summed E-state index contributed by atoms with van der Waals surface area (Å²) in [5, 5.41) is 11.2. The smallest absolute Gasteiger partial charge is 0.255 e. The van der Waals surface area contributed by atoms with Crippen LogP contribution < -0.4 is 0 Å². The lowest BCUT2D eigenvalue weighted by molar-refractivity contribution is 0.0790. The molecule has 0 saturated heterocycles. The molecule has 8 heteroatoms. The molecule has 0 atom stereocenters. The Morgan fingerprint density at radius 3 is 3.00 bits per heavy atom. The number of imidazole rings is 1. The number of para-hydroxylation sites is 2. The molecule has 0 aliphatic carbocycles. The normalized spacial score (nSPS) is 11.2. The van der Waals surface area contributed by atoms with E-state index < -0.39 is 0 Å². The van der Waals surface area contributed by atoms with Crippen LogP contribution in [0.2, 0.25) is 0 Å². The molecular formula is C16H15N7O. The minimum atomic E-state index is -0.0724. The number of tetrazole rings is 1. The molecule has 1 aromatic carbocycles. The van der Waals surface area contributed by atoms with Gasteiger partial charge in [0.05, 0.1) is 22.9 Å². The maximum Gasteiger partial charge on any atom is 0.255 e. The van der Waals surface area contributed by atoms with E-state index in [4.69, 9.17) is 0 Å². The van der Waals surface area contributed by atoms with Crippen LogP contribution in [0, 0.1) is 0 Å². The summed E-state index contributed by atoms with van der Waals surface area (Å²) >= 11 is 0. The van der Waals surface area contributed by atoms with Gasteiger partial charge in [-0.1, -0.05) is 12.1 Å². The van der Waals surface area contributed by atoms with Gasteiger partial charge in [0.1, 0.15) is 0 Å². The average molecular weight is 321 g/mol. The Morgan fingerprint density at radius 1 is 1.21 bits per heavy atom. The van der Waals surface area contributed by atoms with Crippen LogP contribution in [0.25, 0.3) is 16.7 Å². The molecule has 0 unspecified atom stereocenters. The number of nitrogens with zero attached hydrogens (tertiary/aromatic N) is 7. The largest absolute Gasteiger partial charge is 0.340 e.